The fraction of sp³-hybridized carbons (Fsp3) is 0.286. The average Bonchev–Trinajstić information content (AvgIpc) is 2.99. The number of aliphatic hydroxyl groups excluding tert-OH is 1. The number of benzene rings is 4. The van der Waals surface area contributed by atoms with E-state index in [-0.39, 0.29) is 30.0 Å². The molecule has 41 heavy (non-hydrogen) atoms. The fourth-order valence-corrected chi connectivity index (χ4v) is 6.74. The van der Waals surface area contributed by atoms with Gasteiger partial charge in [0, 0.05) is 16.2 Å². The average molecular weight is 587 g/mol. The van der Waals surface area contributed by atoms with Crippen LogP contribution in [0.1, 0.15) is 35.1 Å². The largest absolute Gasteiger partial charge is 0.388 e. The van der Waals surface area contributed by atoms with E-state index in [0.717, 1.165) is 11.1 Å². The Morgan fingerprint density at radius 3 is 1.71 bits per heavy atom. The second-order valence-electron chi connectivity index (χ2n) is 10.1. The third-order valence-corrected chi connectivity index (χ3v) is 9.21. The van der Waals surface area contributed by atoms with Crippen LogP contribution in [0, 0.1) is 13.8 Å². The van der Waals surface area contributed by atoms with Crippen molar-refractivity contribution in [2.75, 3.05) is 6.61 Å². The molecule has 0 saturated carbocycles. The van der Waals surface area contributed by atoms with Crippen molar-refractivity contribution in [2.24, 2.45) is 0 Å². The molecule has 0 unspecified atom stereocenters. The van der Waals surface area contributed by atoms with Gasteiger partial charge < -0.3 is 14.6 Å². The molecule has 0 radical (unpaired) electrons. The molecule has 0 aliphatic rings. The minimum Gasteiger partial charge on any atom is -0.388 e. The van der Waals surface area contributed by atoms with Crippen LogP contribution in [0.2, 0.25) is 0 Å². The first-order valence-corrected chi connectivity index (χ1v) is 15.7. The van der Waals surface area contributed by atoms with Crippen LogP contribution in [-0.4, -0.2) is 34.3 Å². The van der Waals surface area contributed by atoms with Gasteiger partial charge in [-0.05, 0) is 55.7 Å². The van der Waals surface area contributed by atoms with Gasteiger partial charge in [-0.2, -0.15) is 0 Å². The molecule has 4 aromatic rings. The molecular formula is C35H38O4S2. The van der Waals surface area contributed by atoms with Crippen molar-refractivity contribution in [3.8, 4) is 0 Å². The predicted molar refractivity (Wildman–Crippen MR) is 169 cm³/mol. The van der Waals surface area contributed by atoms with Gasteiger partial charge in [0.2, 0.25) is 0 Å². The van der Waals surface area contributed by atoms with Crippen LogP contribution >= 0.6 is 23.5 Å². The molecule has 4 aromatic carbocycles. The zero-order chi connectivity index (χ0) is 28.9. The molecule has 0 aliphatic carbocycles. The summed E-state index contributed by atoms with van der Waals surface area (Å²) in [6.07, 6.45) is -1.11. The highest BCUT2D eigenvalue weighted by atomic mass is 32.2. The lowest BCUT2D eigenvalue weighted by Crippen LogP contribution is -2.39. The fourth-order valence-electron chi connectivity index (χ4n) is 4.22. The third-order valence-electron chi connectivity index (χ3n) is 6.54. The van der Waals surface area contributed by atoms with E-state index in [0.29, 0.717) is 13.0 Å². The van der Waals surface area contributed by atoms with Crippen molar-refractivity contribution < 1.29 is 19.4 Å². The smallest absolute Gasteiger partial charge is 0.164 e. The Labute approximate surface area is 252 Å². The van der Waals surface area contributed by atoms with E-state index in [1.54, 1.807) is 23.5 Å². The van der Waals surface area contributed by atoms with Gasteiger partial charge in [0.05, 0.1) is 24.4 Å². The molecule has 0 saturated heterocycles. The summed E-state index contributed by atoms with van der Waals surface area (Å²) in [5, 5.41) is 11.0. The molecule has 0 heterocycles. The molecule has 0 aromatic heterocycles. The molecule has 4 rings (SSSR count). The van der Waals surface area contributed by atoms with E-state index >= 15 is 0 Å². The van der Waals surface area contributed by atoms with Gasteiger partial charge in [0.1, 0.15) is 12.2 Å². The lowest BCUT2D eigenvalue weighted by Gasteiger charge is -2.24. The first kappa shape index (κ1) is 31.1. The van der Waals surface area contributed by atoms with Gasteiger partial charge in [0.25, 0.3) is 0 Å². The predicted octanol–water partition coefficient (Wildman–Crippen LogP) is 8.03. The van der Waals surface area contributed by atoms with Crippen LogP contribution in [0.15, 0.2) is 119 Å². The lowest BCUT2D eigenvalue weighted by atomic mass is 10.1. The van der Waals surface area contributed by atoms with E-state index in [1.165, 1.54) is 20.9 Å². The molecule has 6 heteroatoms. The van der Waals surface area contributed by atoms with E-state index in [9.17, 15) is 9.90 Å². The number of rotatable bonds is 16. The van der Waals surface area contributed by atoms with E-state index in [4.69, 9.17) is 9.47 Å². The molecule has 0 bridgehead atoms. The maximum absolute atomic E-state index is 13.6. The molecule has 4 nitrogen and oxygen atoms in total. The van der Waals surface area contributed by atoms with E-state index in [1.807, 2.05) is 60.7 Å². The third kappa shape index (κ3) is 10.8. The Hall–Kier alpha value is -2.87. The van der Waals surface area contributed by atoms with Crippen LogP contribution < -0.4 is 0 Å². The number of hydrogen-bond donors (Lipinski definition) is 1. The molecule has 214 valence electrons. The van der Waals surface area contributed by atoms with Gasteiger partial charge in [0.15, 0.2) is 5.78 Å². The number of Topliss-reactive ketones (excluding diaryl/α,β-unsaturated/α-hetero) is 1. The molecule has 0 amide bonds. The minimum atomic E-state index is -1.07. The Morgan fingerprint density at radius 1 is 0.707 bits per heavy atom. The summed E-state index contributed by atoms with van der Waals surface area (Å²) < 4.78 is 11.9. The van der Waals surface area contributed by atoms with Crippen LogP contribution in [0.4, 0.5) is 0 Å². The quantitative estimate of drug-likeness (QED) is 0.106. The molecule has 0 fully saturated rings. The van der Waals surface area contributed by atoms with E-state index in [2.05, 4.69) is 62.4 Å². The second kappa shape index (κ2) is 16.5. The Bertz CT molecular complexity index is 1260. The summed E-state index contributed by atoms with van der Waals surface area (Å²) in [6.45, 7) is 4.78. The van der Waals surface area contributed by atoms with Crippen LogP contribution in [0.3, 0.4) is 0 Å². The molecule has 0 spiro atoms. The Balaban J connectivity index is 1.41. The van der Waals surface area contributed by atoms with E-state index < -0.39 is 12.2 Å². The standard InChI is InChI=1S/C35H38O4S2/c1-26-13-17-30(18-14-26)40-34(41-31-19-15-27(2)16-20-31)22-21-32(36)35(39-24-29-11-7-4-8-12-29)33(37)25-38-23-28-9-5-3-6-10-28/h3-20,33-35,37H,21-25H2,1-2H3/t33-,35+/m1/s1. The van der Waals surface area contributed by atoms with Crippen molar-refractivity contribution in [1.82, 2.24) is 0 Å². The Morgan fingerprint density at radius 2 is 1.20 bits per heavy atom. The minimum absolute atomic E-state index is 0.0136. The molecule has 2 atom stereocenters. The molecular weight excluding hydrogens is 549 g/mol. The summed E-state index contributed by atoms with van der Waals surface area (Å²) in [4.78, 5) is 15.9. The number of ketones is 1. The van der Waals surface area contributed by atoms with Crippen molar-refractivity contribution in [1.29, 1.82) is 0 Å². The van der Waals surface area contributed by atoms with Crippen LogP contribution in [0.5, 0.6) is 0 Å². The van der Waals surface area contributed by atoms with Crippen LogP contribution in [-0.2, 0) is 27.5 Å². The lowest BCUT2D eigenvalue weighted by molar-refractivity contribution is -0.144. The number of carbonyl (C=O) groups excluding carboxylic acids is 1. The van der Waals surface area contributed by atoms with Gasteiger partial charge >= 0.3 is 0 Å². The SMILES string of the molecule is Cc1ccc(SC(CCC(=O)[C@H](OCc2ccccc2)[C@H](O)COCc2ccccc2)Sc2ccc(C)cc2)cc1. The number of aryl methyl sites for hydroxylation is 2. The summed E-state index contributed by atoms with van der Waals surface area (Å²) in [5.41, 5.74) is 4.39. The Kier molecular flexibility index (Phi) is 12.5. The zero-order valence-electron chi connectivity index (χ0n) is 23.6. The summed E-state index contributed by atoms with van der Waals surface area (Å²) in [6, 6.07) is 36.5. The number of ether oxygens (including phenoxy) is 2. The highest BCUT2D eigenvalue weighted by molar-refractivity contribution is 8.17. The topological polar surface area (TPSA) is 55.8 Å². The number of aliphatic hydroxyl groups is 1. The highest BCUT2D eigenvalue weighted by Gasteiger charge is 2.29. The zero-order valence-corrected chi connectivity index (χ0v) is 25.3. The maximum atomic E-state index is 13.6. The van der Waals surface area contributed by atoms with Gasteiger partial charge in [-0.1, -0.05) is 96.1 Å². The van der Waals surface area contributed by atoms with Gasteiger partial charge in [-0.25, -0.2) is 0 Å². The van der Waals surface area contributed by atoms with Gasteiger partial charge in [-0.3, -0.25) is 4.79 Å². The van der Waals surface area contributed by atoms with Crippen molar-refractivity contribution in [2.45, 2.75) is 66.5 Å². The summed E-state index contributed by atoms with van der Waals surface area (Å²) in [7, 11) is 0. The molecule has 1 N–H and O–H groups in total. The second-order valence-corrected chi connectivity index (χ2v) is 12.9. The van der Waals surface area contributed by atoms with Crippen molar-refractivity contribution >= 4 is 29.3 Å². The van der Waals surface area contributed by atoms with Gasteiger partial charge in [-0.15, -0.1) is 23.5 Å². The van der Waals surface area contributed by atoms with Crippen LogP contribution in [0.25, 0.3) is 0 Å². The number of hydrogen-bond acceptors (Lipinski definition) is 6. The normalized spacial score (nSPS) is 12.8. The maximum Gasteiger partial charge on any atom is 0.164 e. The first-order valence-electron chi connectivity index (χ1n) is 13.9. The number of thioether (sulfide) groups is 2. The summed E-state index contributed by atoms with van der Waals surface area (Å²) in [5.74, 6) is -0.115. The molecule has 0 aliphatic heterocycles. The summed E-state index contributed by atoms with van der Waals surface area (Å²) >= 11 is 3.53. The first-order chi connectivity index (χ1) is 20.0. The highest BCUT2D eigenvalue weighted by Crippen LogP contribution is 2.38. The number of carbonyl (C=O) groups is 1. The monoisotopic (exact) mass is 586 g/mol. The van der Waals surface area contributed by atoms with Crippen molar-refractivity contribution in [3.63, 3.8) is 0 Å². The van der Waals surface area contributed by atoms with Crippen molar-refractivity contribution in [3.05, 3.63) is 131 Å².